The third kappa shape index (κ3) is 4.55. The van der Waals surface area contributed by atoms with E-state index in [9.17, 15) is 10.2 Å². The van der Waals surface area contributed by atoms with Gasteiger partial charge < -0.3 is 20.3 Å². The summed E-state index contributed by atoms with van der Waals surface area (Å²) in [5.41, 5.74) is 1.02. The molecule has 0 amide bonds. The molecule has 1 rings (SSSR count). The Morgan fingerprint density at radius 3 is 2.61 bits per heavy atom. The standard InChI is InChI=1S/C14H23NO3/c1-10(2)6-12(9-16)15-8-11-4-5-13(17)14(7-11)18-3/h4-5,7,10,12,15-17H,6,8-9H2,1-3H3. The van der Waals surface area contributed by atoms with Crippen molar-refractivity contribution >= 4 is 0 Å². The summed E-state index contributed by atoms with van der Waals surface area (Å²) >= 11 is 0. The summed E-state index contributed by atoms with van der Waals surface area (Å²) in [4.78, 5) is 0. The van der Waals surface area contributed by atoms with Crippen molar-refractivity contribution < 1.29 is 14.9 Å². The Kier molecular flexibility index (Phi) is 5.95. The number of hydrogen-bond acceptors (Lipinski definition) is 4. The van der Waals surface area contributed by atoms with Crippen LogP contribution in [0.4, 0.5) is 0 Å². The zero-order chi connectivity index (χ0) is 13.5. The van der Waals surface area contributed by atoms with Gasteiger partial charge in [0.15, 0.2) is 11.5 Å². The van der Waals surface area contributed by atoms with Gasteiger partial charge in [-0.1, -0.05) is 19.9 Å². The lowest BCUT2D eigenvalue weighted by Gasteiger charge is -2.18. The Morgan fingerprint density at radius 1 is 1.33 bits per heavy atom. The molecule has 0 radical (unpaired) electrons. The predicted molar refractivity (Wildman–Crippen MR) is 71.8 cm³/mol. The molecule has 0 aliphatic carbocycles. The van der Waals surface area contributed by atoms with Crippen molar-refractivity contribution in [1.29, 1.82) is 0 Å². The molecule has 4 nitrogen and oxygen atoms in total. The van der Waals surface area contributed by atoms with Gasteiger partial charge in [0, 0.05) is 12.6 Å². The van der Waals surface area contributed by atoms with Gasteiger partial charge in [0.2, 0.25) is 0 Å². The summed E-state index contributed by atoms with van der Waals surface area (Å²) in [7, 11) is 1.53. The normalized spacial score (nSPS) is 12.7. The molecular formula is C14H23NO3. The lowest BCUT2D eigenvalue weighted by atomic mass is 10.0. The maximum atomic E-state index is 9.49. The molecule has 0 aromatic heterocycles. The molecule has 0 bridgehead atoms. The Hall–Kier alpha value is -1.26. The van der Waals surface area contributed by atoms with Crippen LogP contribution in [0.15, 0.2) is 18.2 Å². The number of benzene rings is 1. The first-order valence-electron chi connectivity index (χ1n) is 6.27. The van der Waals surface area contributed by atoms with Crippen molar-refractivity contribution in [1.82, 2.24) is 5.32 Å². The van der Waals surface area contributed by atoms with Crippen LogP contribution in [0.2, 0.25) is 0 Å². The molecule has 1 atom stereocenters. The highest BCUT2D eigenvalue weighted by atomic mass is 16.5. The van der Waals surface area contributed by atoms with Gasteiger partial charge >= 0.3 is 0 Å². The molecule has 0 fully saturated rings. The number of hydrogen-bond donors (Lipinski definition) is 3. The minimum atomic E-state index is 0.102. The average Bonchev–Trinajstić information content (AvgIpc) is 2.35. The van der Waals surface area contributed by atoms with E-state index in [-0.39, 0.29) is 18.4 Å². The summed E-state index contributed by atoms with van der Waals surface area (Å²) in [6, 6.07) is 5.36. The van der Waals surface area contributed by atoms with Gasteiger partial charge in [-0.05, 0) is 30.0 Å². The fourth-order valence-electron chi connectivity index (χ4n) is 1.89. The van der Waals surface area contributed by atoms with Gasteiger partial charge in [-0.15, -0.1) is 0 Å². The molecule has 0 heterocycles. The number of aromatic hydroxyl groups is 1. The molecule has 1 aromatic rings. The summed E-state index contributed by atoms with van der Waals surface area (Å²) < 4.78 is 5.06. The van der Waals surface area contributed by atoms with E-state index in [2.05, 4.69) is 19.2 Å². The maximum absolute atomic E-state index is 9.49. The zero-order valence-electron chi connectivity index (χ0n) is 11.3. The van der Waals surface area contributed by atoms with E-state index >= 15 is 0 Å². The van der Waals surface area contributed by atoms with Crippen LogP contribution in [0.25, 0.3) is 0 Å². The Labute approximate surface area is 109 Å². The maximum Gasteiger partial charge on any atom is 0.160 e. The monoisotopic (exact) mass is 253 g/mol. The lowest BCUT2D eigenvalue weighted by Crippen LogP contribution is -2.33. The number of methoxy groups -OCH3 is 1. The van der Waals surface area contributed by atoms with Crippen LogP contribution >= 0.6 is 0 Å². The molecule has 102 valence electrons. The van der Waals surface area contributed by atoms with Crippen LogP contribution in [0.5, 0.6) is 11.5 Å². The fraction of sp³-hybridized carbons (Fsp3) is 0.571. The fourth-order valence-corrected chi connectivity index (χ4v) is 1.89. The van der Waals surface area contributed by atoms with Gasteiger partial charge in [-0.25, -0.2) is 0 Å². The highest BCUT2D eigenvalue weighted by Crippen LogP contribution is 2.26. The van der Waals surface area contributed by atoms with Crippen molar-refractivity contribution in [2.24, 2.45) is 5.92 Å². The predicted octanol–water partition coefficient (Wildman–Crippen LogP) is 1.90. The SMILES string of the molecule is COc1cc(CNC(CO)CC(C)C)ccc1O. The van der Waals surface area contributed by atoms with Crippen LogP contribution in [-0.2, 0) is 6.54 Å². The van der Waals surface area contributed by atoms with Crippen LogP contribution in [0, 0.1) is 5.92 Å². The van der Waals surface area contributed by atoms with Crippen LogP contribution in [-0.4, -0.2) is 30.0 Å². The van der Waals surface area contributed by atoms with Crippen LogP contribution < -0.4 is 10.1 Å². The molecule has 4 heteroatoms. The van der Waals surface area contributed by atoms with Gasteiger partial charge in [0.25, 0.3) is 0 Å². The van der Waals surface area contributed by atoms with Gasteiger partial charge in [-0.3, -0.25) is 0 Å². The molecule has 0 saturated heterocycles. The average molecular weight is 253 g/mol. The first-order valence-corrected chi connectivity index (χ1v) is 6.27. The van der Waals surface area contributed by atoms with Crippen molar-refractivity contribution in [2.45, 2.75) is 32.9 Å². The minimum Gasteiger partial charge on any atom is -0.504 e. The number of phenols is 1. The van der Waals surface area contributed by atoms with Crippen molar-refractivity contribution in [3.8, 4) is 11.5 Å². The number of aliphatic hydroxyl groups excluding tert-OH is 1. The number of rotatable bonds is 7. The summed E-state index contributed by atoms with van der Waals surface area (Å²) in [5.74, 6) is 1.16. The minimum absolute atomic E-state index is 0.102. The van der Waals surface area contributed by atoms with E-state index in [4.69, 9.17) is 4.74 Å². The van der Waals surface area contributed by atoms with E-state index in [1.165, 1.54) is 7.11 Å². The molecular weight excluding hydrogens is 230 g/mol. The van der Waals surface area contributed by atoms with E-state index < -0.39 is 0 Å². The molecule has 0 spiro atoms. The Bertz CT molecular complexity index is 366. The Balaban J connectivity index is 2.56. The number of phenolic OH excluding ortho intramolecular Hbond substituents is 1. The lowest BCUT2D eigenvalue weighted by molar-refractivity contribution is 0.223. The molecule has 1 unspecified atom stereocenters. The van der Waals surface area contributed by atoms with Gasteiger partial charge in [-0.2, -0.15) is 0 Å². The van der Waals surface area contributed by atoms with Crippen molar-refractivity contribution in [2.75, 3.05) is 13.7 Å². The summed E-state index contributed by atoms with van der Waals surface area (Å²) in [6.45, 7) is 5.05. The zero-order valence-corrected chi connectivity index (χ0v) is 11.3. The topological polar surface area (TPSA) is 61.7 Å². The molecule has 0 aliphatic rings. The van der Waals surface area contributed by atoms with E-state index in [1.54, 1.807) is 12.1 Å². The second-order valence-electron chi connectivity index (χ2n) is 4.90. The van der Waals surface area contributed by atoms with Gasteiger partial charge in [0.1, 0.15) is 0 Å². The first kappa shape index (κ1) is 14.8. The molecule has 0 saturated carbocycles. The third-order valence-corrected chi connectivity index (χ3v) is 2.82. The van der Waals surface area contributed by atoms with E-state index in [0.717, 1.165) is 12.0 Å². The van der Waals surface area contributed by atoms with Crippen molar-refractivity contribution in [3.63, 3.8) is 0 Å². The second-order valence-corrected chi connectivity index (χ2v) is 4.90. The number of nitrogens with one attached hydrogen (secondary N) is 1. The molecule has 3 N–H and O–H groups in total. The highest BCUT2D eigenvalue weighted by molar-refractivity contribution is 5.41. The molecule has 1 aromatic carbocycles. The van der Waals surface area contributed by atoms with E-state index in [0.29, 0.717) is 18.2 Å². The number of aliphatic hydroxyl groups is 1. The molecule has 0 aliphatic heterocycles. The van der Waals surface area contributed by atoms with Crippen LogP contribution in [0.1, 0.15) is 25.8 Å². The summed E-state index contributed by atoms with van der Waals surface area (Å²) in [5, 5.41) is 22.1. The van der Waals surface area contributed by atoms with Gasteiger partial charge in [0.05, 0.1) is 13.7 Å². The number of ether oxygens (including phenoxy) is 1. The largest absolute Gasteiger partial charge is 0.504 e. The smallest absolute Gasteiger partial charge is 0.160 e. The summed E-state index contributed by atoms with van der Waals surface area (Å²) in [6.07, 6.45) is 0.936. The third-order valence-electron chi connectivity index (χ3n) is 2.82. The Morgan fingerprint density at radius 2 is 2.06 bits per heavy atom. The second kappa shape index (κ2) is 7.24. The highest BCUT2D eigenvalue weighted by Gasteiger charge is 2.09. The van der Waals surface area contributed by atoms with Crippen molar-refractivity contribution in [3.05, 3.63) is 23.8 Å². The molecule has 18 heavy (non-hydrogen) atoms. The van der Waals surface area contributed by atoms with Crippen LogP contribution in [0.3, 0.4) is 0 Å². The first-order chi connectivity index (χ1) is 8.56. The quantitative estimate of drug-likeness (QED) is 0.694. The van der Waals surface area contributed by atoms with E-state index in [1.807, 2.05) is 6.07 Å².